The molecular formula is C11H14ClNO3. The van der Waals surface area contributed by atoms with Crippen LogP contribution in [0.1, 0.15) is 19.4 Å². The molecule has 0 spiro atoms. The van der Waals surface area contributed by atoms with E-state index in [0.717, 1.165) is 5.56 Å². The second-order valence-corrected chi connectivity index (χ2v) is 4.54. The van der Waals surface area contributed by atoms with Crippen molar-refractivity contribution in [3.05, 3.63) is 22.7 Å². The maximum atomic E-state index is 6.10. The van der Waals surface area contributed by atoms with Crippen LogP contribution in [0.4, 0.5) is 0 Å². The fourth-order valence-corrected chi connectivity index (χ4v) is 1.92. The highest BCUT2D eigenvalue weighted by molar-refractivity contribution is 6.32. The minimum atomic E-state index is -0.658. The molecule has 0 unspecified atom stereocenters. The first-order valence-electron chi connectivity index (χ1n) is 5.04. The van der Waals surface area contributed by atoms with Crippen LogP contribution in [-0.4, -0.2) is 12.4 Å². The highest BCUT2D eigenvalue weighted by atomic mass is 35.5. The van der Waals surface area contributed by atoms with E-state index < -0.39 is 5.79 Å². The molecule has 88 valence electrons. The molecule has 1 aliphatic heterocycles. The predicted octanol–water partition coefficient (Wildman–Crippen LogP) is 2.28. The summed E-state index contributed by atoms with van der Waals surface area (Å²) in [5.41, 5.74) is 1.01. The molecule has 0 radical (unpaired) electrons. The van der Waals surface area contributed by atoms with Crippen LogP contribution in [0.15, 0.2) is 12.1 Å². The molecule has 0 fully saturated rings. The van der Waals surface area contributed by atoms with Crippen LogP contribution in [0.5, 0.6) is 11.5 Å². The molecule has 1 aliphatic rings. The molecule has 1 heterocycles. The van der Waals surface area contributed by atoms with E-state index >= 15 is 0 Å². The summed E-state index contributed by atoms with van der Waals surface area (Å²) < 4.78 is 11.2. The average Bonchev–Trinajstić information content (AvgIpc) is 2.50. The largest absolute Gasteiger partial charge is 0.449 e. The number of ether oxygens (including phenoxy) is 2. The summed E-state index contributed by atoms with van der Waals surface area (Å²) in [6.07, 6.45) is 0.688. The van der Waals surface area contributed by atoms with Crippen LogP contribution < -0.4 is 15.4 Å². The Kier molecular flexibility index (Phi) is 2.97. The van der Waals surface area contributed by atoms with Gasteiger partial charge in [0, 0.05) is 13.8 Å². The van der Waals surface area contributed by atoms with E-state index in [4.69, 9.17) is 27.0 Å². The first-order chi connectivity index (χ1) is 7.52. The topological polar surface area (TPSA) is 53.7 Å². The van der Waals surface area contributed by atoms with Gasteiger partial charge < -0.3 is 14.3 Å². The first-order valence-corrected chi connectivity index (χ1v) is 5.42. The monoisotopic (exact) mass is 243 g/mol. The molecule has 1 aromatic rings. The van der Waals surface area contributed by atoms with Gasteiger partial charge in [0.25, 0.3) is 0 Å². The Bertz CT molecular complexity index is 406. The van der Waals surface area contributed by atoms with Crippen LogP contribution in [0.3, 0.4) is 0 Å². The molecule has 2 rings (SSSR count). The number of benzene rings is 1. The van der Waals surface area contributed by atoms with Gasteiger partial charge >= 0.3 is 0 Å². The van der Waals surface area contributed by atoms with Crippen molar-refractivity contribution < 1.29 is 14.3 Å². The van der Waals surface area contributed by atoms with Gasteiger partial charge in [-0.2, -0.15) is 0 Å². The maximum Gasteiger partial charge on any atom is 0.246 e. The lowest BCUT2D eigenvalue weighted by Gasteiger charge is -2.16. The zero-order valence-electron chi connectivity index (χ0n) is 9.25. The maximum absolute atomic E-state index is 6.10. The summed E-state index contributed by atoms with van der Waals surface area (Å²) >= 11 is 6.10. The molecule has 0 saturated heterocycles. The highest BCUT2D eigenvalue weighted by Crippen LogP contribution is 2.44. The minimum Gasteiger partial charge on any atom is -0.449 e. The second-order valence-electron chi connectivity index (χ2n) is 4.13. The van der Waals surface area contributed by atoms with Crippen LogP contribution in [0.25, 0.3) is 0 Å². The zero-order chi connectivity index (χ0) is 11.8. The first kappa shape index (κ1) is 11.5. The SMILES string of the molecule is CC1(C)Oc2cc(CCON)cc(Cl)c2O1. The molecule has 2 N–H and O–H groups in total. The number of fused-ring (bicyclic) bond motifs is 1. The van der Waals surface area contributed by atoms with Gasteiger partial charge in [-0.1, -0.05) is 11.6 Å². The Morgan fingerprint density at radius 2 is 2.12 bits per heavy atom. The Labute approximate surface area is 99.2 Å². The van der Waals surface area contributed by atoms with Gasteiger partial charge in [0.2, 0.25) is 5.79 Å². The standard InChI is InChI=1S/C11H14ClNO3/c1-11(2)15-9-6-7(3-4-14-13)5-8(12)10(9)16-11/h5-6H,3-4,13H2,1-2H3. The molecule has 5 heteroatoms. The number of halogens is 1. The summed E-state index contributed by atoms with van der Waals surface area (Å²) in [5.74, 6) is 5.60. The number of rotatable bonds is 3. The van der Waals surface area contributed by atoms with E-state index in [1.165, 1.54) is 0 Å². The van der Waals surface area contributed by atoms with Crippen LogP contribution in [-0.2, 0) is 11.3 Å². The Balaban J connectivity index is 2.27. The molecule has 0 atom stereocenters. The van der Waals surface area contributed by atoms with Crippen molar-refractivity contribution in [1.82, 2.24) is 0 Å². The van der Waals surface area contributed by atoms with E-state index in [2.05, 4.69) is 4.84 Å². The normalized spacial score (nSPS) is 16.5. The molecule has 0 aromatic heterocycles. The number of hydrogen-bond donors (Lipinski definition) is 1. The van der Waals surface area contributed by atoms with Crippen molar-refractivity contribution >= 4 is 11.6 Å². The predicted molar refractivity (Wildman–Crippen MR) is 60.6 cm³/mol. The molecular weight excluding hydrogens is 230 g/mol. The van der Waals surface area contributed by atoms with Gasteiger partial charge in [0.15, 0.2) is 11.5 Å². The van der Waals surface area contributed by atoms with Crippen molar-refractivity contribution in [3.63, 3.8) is 0 Å². The summed E-state index contributed by atoms with van der Waals surface area (Å²) in [6.45, 7) is 4.12. The van der Waals surface area contributed by atoms with Gasteiger partial charge in [0.05, 0.1) is 11.6 Å². The minimum absolute atomic E-state index is 0.444. The van der Waals surface area contributed by atoms with E-state index in [1.54, 1.807) is 0 Å². The highest BCUT2D eigenvalue weighted by Gasteiger charge is 2.33. The van der Waals surface area contributed by atoms with Gasteiger partial charge in [-0.3, -0.25) is 0 Å². The molecule has 0 bridgehead atoms. The summed E-state index contributed by atoms with van der Waals surface area (Å²) in [5, 5.41) is 0.551. The van der Waals surface area contributed by atoms with E-state index in [0.29, 0.717) is 29.5 Å². The van der Waals surface area contributed by atoms with Gasteiger partial charge in [-0.25, -0.2) is 5.90 Å². The fourth-order valence-electron chi connectivity index (χ4n) is 1.65. The smallest absolute Gasteiger partial charge is 0.246 e. The fraction of sp³-hybridized carbons (Fsp3) is 0.455. The Hall–Kier alpha value is -0.970. The third-order valence-electron chi connectivity index (χ3n) is 2.28. The van der Waals surface area contributed by atoms with Crippen molar-refractivity contribution in [2.24, 2.45) is 5.90 Å². The zero-order valence-corrected chi connectivity index (χ0v) is 10.0. The molecule has 0 saturated carbocycles. The molecule has 0 aliphatic carbocycles. The third-order valence-corrected chi connectivity index (χ3v) is 2.56. The summed E-state index contributed by atoms with van der Waals surface area (Å²) in [4.78, 5) is 4.53. The van der Waals surface area contributed by atoms with E-state index in [-0.39, 0.29) is 0 Å². The summed E-state index contributed by atoms with van der Waals surface area (Å²) in [6, 6.07) is 3.74. The van der Waals surface area contributed by atoms with Gasteiger partial charge in [0.1, 0.15) is 0 Å². The molecule has 1 aromatic carbocycles. The van der Waals surface area contributed by atoms with Crippen molar-refractivity contribution in [2.45, 2.75) is 26.1 Å². The Morgan fingerprint density at radius 1 is 1.38 bits per heavy atom. The lowest BCUT2D eigenvalue weighted by Crippen LogP contribution is -2.29. The van der Waals surface area contributed by atoms with Crippen molar-refractivity contribution in [3.8, 4) is 11.5 Å². The quantitative estimate of drug-likeness (QED) is 0.828. The third kappa shape index (κ3) is 2.24. The number of hydrogen-bond acceptors (Lipinski definition) is 4. The van der Waals surface area contributed by atoms with Crippen molar-refractivity contribution in [1.29, 1.82) is 0 Å². The van der Waals surface area contributed by atoms with Gasteiger partial charge in [-0.05, 0) is 24.1 Å². The van der Waals surface area contributed by atoms with Crippen molar-refractivity contribution in [2.75, 3.05) is 6.61 Å². The Morgan fingerprint density at radius 3 is 2.81 bits per heavy atom. The molecule has 16 heavy (non-hydrogen) atoms. The molecule has 4 nitrogen and oxygen atoms in total. The lowest BCUT2D eigenvalue weighted by molar-refractivity contribution is -0.0431. The second kappa shape index (κ2) is 4.13. The van der Waals surface area contributed by atoms with Crippen LogP contribution in [0, 0.1) is 0 Å². The number of nitrogens with two attached hydrogens (primary N) is 1. The van der Waals surface area contributed by atoms with Crippen LogP contribution in [0.2, 0.25) is 5.02 Å². The van der Waals surface area contributed by atoms with Gasteiger partial charge in [-0.15, -0.1) is 0 Å². The average molecular weight is 244 g/mol. The summed E-state index contributed by atoms with van der Waals surface area (Å²) in [7, 11) is 0. The van der Waals surface area contributed by atoms with E-state index in [9.17, 15) is 0 Å². The van der Waals surface area contributed by atoms with Crippen LogP contribution >= 0.6 is 11.6 Å². The molecule has 0 amide bonds. The lowest BCUT2D eigenvalue weighted by atomic mass is 10.1. The van der Waals surface area contributed by atoms with E-state index in [1.807, 2.05) is 26.0 Å².